The quantitative estimate of drug-likeness (QED) is 0.402. The van der Waals surface area contributed by atoms with Crippen LogP contribution in [0.1, 0.15) is 18.4 Å². The number of sulfone groups is 2. The van der Waals surface area contributed by atoms with Gasteiger partial charge in [0.05, 0.1) is 25.8 Å². The molecule has 184 valence electrons. The van der Waals surface area contributed by atoms with Gasteiger partial charge >= 0.3 is 0 Å². The molecule has 11 heteroatoms. The molecule has 3 aromatic rings. The van der Waals surface area contributed by atoms with Crippen LogP contribution in [0.4, 0.5) is 5.13 Å². The summed E-state index contributed by atoms with van der Waals surface area (Å²) in [6.45, 7) is 2.87. The number of amides is 1. The Labute approximate surface area is 205 Å². The summed E-state index contributed by atoms with van der Waals surface area (Å²) in [7, 11) is -3.04. The molecular weight excluding hydrogens is 494 g/mol. The number of hydrogen-bond donors (Lipinski definition) is 0. The molecule has 0 saturated carbocycles. The summed E-state index contributed by atoms with van der Waals surface area (Å²) < 4.78 is 49.7. The van der Waals surface area contributed by atoms with E-state index >= 15 is 0 Å². The fourth-order valence-electron chi connectivity index (χ4n) is 3.28. The minimum Gasteiger partial charge on any atom is -0.308 e. The molecule has 0 saturated heterocycles. The summed E-state index contributed by atoms with van der Waals surface area (Å²) in [5.41, 5.74) is 1.59. The average Bonchev–Trinajstić information content (AvgIpc) is 3.16. The van der Waals surface area contributed by atoms with Gasteiger partial charge in [-0.15, -0.1) is 0 Å². The summed E-state index contributed by atoms with van der Waals surface area (Å²) in [6.07, 6.45) is 1.40. The van der Waals surface area contributed by atoms with Crippen LogP contribution in [-0.4, -0.2) is 71.8 Å². The Morgan fingerprint density at radius 1 is 0.971 bits per heavy atom. The van der Waals surface area contributed by atoms with Crippen molar-refractivity contribution in [2.24, 2.45) is 0 Å². The van der Waals surface area contributed by atoms with Gasteiger partial charge in [-0.1, -0.05) is 29.0 Å². The average molecular weight is 524 g/mol. The SMILES string of the molecule is Cc1ccc(S(=O)(=O)CCCC(=O)N(CCN(C)C)c2nc3ccc(S(C)(=O)=O)cc3s2)cc1. The van der Waals surface area contributed by atoms with Crippen LogP contribution in [0.5, 0.6) is 0 Å². The molecule has 0 atom stereocenters. The summed E-state index contributed by atoms with van der Waals surface area (Å²) in [6, 6.07) is 11.4. The fraction of sp³-hybridized carbons (Fsp3) is 0.391. The second kappa shape index (κ2) is 10.5. The number of nitrogens with zero attached hydrogens (tertiary/aromatic N) is 3. The zero-order valence-corrected chi connectivity index (χ0v) is 22.1. The van der Waals surface area contributed by atoms with Crippen molar-refractivity contribution in [3.8, 4) is 0 Å². The van der Waals surface area contributed by atoms with Crippen molar-refractivity contribution in [3.63, 3.8) is 0 Å². The zero-order valence-electron chi connectivity index (χ0n) is 19.7. The number of anilines is 1. The molecule has 0 radical (unpaired) electrons. The van der Waals surface area contributed by atoms with E-state index in [0.29, 0.717) is 28.4 Å². The van der Waals surface area contributed by atoms with Crippen molar-refractivity contribution in [2.75, 3.05) is 44.1 Å². The highest BCUT2D eigenvalue weighted by molar-refractivity contribution is 7.91. The van der Waals surface area contributed by atoms with E-state index in [2.05, 4.69) is 4.98 Å². The normalized spacial score (nSPS) is 12.4. The van der Waals surface area contributed by atoms with E-state index in [4.69, 9.17) is 0 Å². The van der Waals surface area contributed by atoms with E-state index in [0.717, 1.165) is 11.8 Å². The molecule has 2 aromatic carbocycles. The van der Waals surface area contributed by atoms with Crippen molar-refractivity contribution in [1.29, 1.82) is 0 Å². The maximum absolute atomic E-state index is 13.1. The fourth-order valence-corrected chi connectivity index (χ4v) is 6.36. The predicted molar refractivity (Wildman–Crippen MR) is 136 cm³/mol. The second-order valence-corrected chi connectivity index (χ2v) is 13.6. The molecule has 0 bridgehead atoms. The first-order valence-electron chi connectivity index (χ1n) is 10.7. The Morgan fingerprint density at radius 2 is 1.62 bits per heavy atom. The van der Waals surface area contributed by atoms with E-state index in [1.807, 2.05) is 25.9 Å². The lowest BCUT2D eigenvalue weighted by Gasteiger charge is -2.22. The largest absolute Gasteiger partial charge is 0.308 e. The van der Waals surface area contributed by atoms with Gasteiger partial charge in [0.25, 0.3) is 0 Å². The van der Waals surface area contributed by atoms with Crippen LogP contribution in [-0.2, 0) is 24.5 Å². The number of benzene rings is 2. The molecule has 1 amide bonds. The van der Waals surface area contributed by atoms with Gasteiger partial charge in [-0.05, 0) is 57.8 Å². The van der Waals surface area contributed by atoms with Crippen molar-refractivity contribution in [2.45, 2.75) is 29.6 Å². The number of rotatable bonds is 10. The molecular formula is C23H29N3O5S3. The first kappa shape index (κ1) is 26.3. The summed E-state index contributed by atoms with van der Waals surface area (Å²) in [4.78, 5) is 21.6. The van der Waals surface area contributed by atoms with Gasteiger partial charge in [0.2, 0.25) is 5.91 Å². The van der Waals surface area contributed by atoms with Crippen molar-refractivity contribution in [1.82, 2.24) is 9.88 Å². The first-order chi connectivity index (χ1) is 15.9. The van der Waals surface area contributed by atoms with Crippen LogP contribution in [0.15, 0.2) is 52.3 Å². The number of carbonyl (C=O) groups is 1. The number of likely N-dealkylation sites (N-methyl/N-ethyl adjacent to an activating group) is 1. The van der Waals surface area contributed by atoms with Gasteiger partial charge in [0.15, 0.2) is 24.8 Å². The Hall–Kier alpha value is -2.34. The molecule has 3 rings (SSSR count). The maximum atomic E-state index is 13.1. The monoisotopic (exact) mass is 523 g/mol. The van der Waals surface area contributed by atoms with Gasteiger partial charge in [0.1, 0.15) is 0 Å². The van der Waals surface area contributed by atoms with Gasteiger partial charge in [0, 0.05) is 25.8 Å². The smallest absolute Gasteiger partial charge is 0.228 e. The molecule has 0 unspecified atom stereocenters. The third-order valence-corrected chi connectivity index (χ3v) is 9.23. The van der Waals surface area contributed by atoms with Gasteiger partial charge < -0.3 is 4.90 Å². The van der Waals surface area contributed by atoms with Crippen LogP contribution in [0.3, 0.4) is 0 Å². The Kier molecular flexibility index (Phi) is 8.12. The minimum absolute atomic E-state index is 0.0586. The highest BCUT2D eigenvalue weighted by Crippen LogP contribution is 2.31. The maximum Gasteiger partial charge on any atom is 0.228 e. The van der Waals surface area contributed by atoms with Crippen LogP contribution < -0.4 is 4.90 Å². The lowest BCUT2D eigenvalue weighted by atomic mass is 10.2. The van der Waals surface area contributed by atoms with Crippen LogP contribution in [0.2, 0.25) is 0 Å². The molecule has 1 heterocycles. The molecule has 0 aliphatic carbocycles. The second-order valence-electron chi connectivity index (χ2n) is 8.48. The van der Waals surface area contributed by atoms with E-state index in [1.54, 1.807) is 41.3 Å². The van der Waals surface area contributed by atoms with E-state index in [9.17, 15) is 21.6 Å². The van der Waals surface area contributed by atoms with Crippen LogP contribution in [0, 0.1) is 6.92 Å². The lowest BCUT2D eigenvalue weighted by Crippen LogP contribution is -2.36. The molecule has 34 heavy (non-hydrogen) atoms. The van der Waals surface area contributed by atoms with Crippen molar-refractivity contribution >= 4 is 52.3 Å². The number of carbonyl (C=O) groups excluding carboxylic acids is 1. The van der Waals surface area contributed by atoms with E-state index in [-0.39, 0.29) is 34.3 Å². The molecule has 0 fully saturated rings. The van der Waals surface area contributed by atoms with Crippen LogP contribution >= 0.6 is 11.3 Å². The summed E-state index contributed by atoms with van der Waals surface area (Å²) >= 11 is 1.25. The Bertz CT molecular complexity index is 1380. The standard InChI is InChI=1S/C23H29N3O5S3/c1-17-7-9-18(10-8-17)34(30,31)15-5-6-22(27)26(14-13-25(2)3)23-24-20-12-11-19(33(4,28)29)16-21(20)32-23/h7-12,16H,5-6,13-15H2,1-4H3. The highest BCUT2D eigenvalue weighted by Gasteiger charge is 2.22. The van der Waals surface area contributed by atoms with Crippen LogP contribution in [0.25, 0.3) is 10.2 Å². The third-order valence-electron chi connectivity index (χ3n) is 5.26. The molecule has 0 N–H and O–H groups in total. The number of thiazole rings is 1. The summed E-state index contributed by atoms with van der Waals surface area (Å²) in [5.74, 6) is -0.343. The van der Waals surface area contributed by atoms with Gasteiger partial charge in [-0.25, -0.2) is 21.8 Å². The zero-order chi connectivity index (χ0) is 25.1. The molecule has 0 aliphatic heterocycles. The van der Waals surface area contributed by atoms with Crippen molar-refractivity contribution < 1.29 is 21.6 Å². The molecule has 1 aromatic heterocycles. The lowest BCUT2D eigenvalue weighted by molar-refractivity contribution is -0.118. The highest BCUT2D eigenvalue weighted by atomic mass is 32.2. The Balaban J connectivity index is 1.77. The molecule has 0 spiro atoms. The van der Waals surface area contributed by atoms with Crippen molar-refractivity contribution in [3.05, 3.63) is 48.0 Å². The minimum atomic E-state index is -3.48. The molecule has 8 nitrogen and oxygen atoms in total. The predicted octanol–water partition coefficient (Wildman–Crippen LogP) is 3.16. The van der Waals surface area contributed by atoms with Gasteiger partial charge in [-0.3, -0.25) is 9.69 Å². The topological polar surface area (TPSA) is 105 Å². The first-order valence-corrected chi connectivity index (χ1v) is 15.1. The van der Waals surface area contributed by atoms with E-state index < -0.39 is 19.7 Å². The third kappa shape index (κ3) is 6.62. The number of aryl methyl sites for hydroxylation is 1. The van der Waals surface area contributed by atoms with E-state index in [1.165, 1.54) is 17.4 Å². The molecule has 0 aliphatic rings. The van der Waals surface area contributed by atoms with Gasteiger partial charge in [-0.2, -0.15) is 0 Å². The Morgan fingerprint density at radius 3 is 2.24 bits per heavy atom. The number of aromatic nitrogens is 1. The number of fused-ring (bicyclic) bond motifs is 1. The summed E-state index contributed by atoms with van der Waals surface area (Å²) in [5, 5.41) is 0.467. The number of hydrogen-bond acceptors (Lipinski definition) is 8.